The molecule has 0 saturated carbocycles. The summed E-state index contributed by atoms with van der Waals surface area (Å²) in [6.07, 6.45) is 3.08. The van der Waals surface area contributed by atoms with Gasteiger partial charge in [0.2, 0.25) is 5.95 Å². The van der Waals surface area contributed by atoms with Gasteiger partial charge >= 0.3 is 0 Å². The summed E-state index contributed by atoms with van der Waals surface area (Å²) in [5.74, 6) is 1.39. The Bertz CT molecular complexity index is 869. The predicted octanol–water partition coefficient (Wildman–Crippen LogP) is 2.11. The molecule has 0 amide bonds. The summed E-state index contributed by atoms with van der Waals surface area (Å²) in [7, 11) is -1.14. The highest BCUT2D eigenvalue weighted by Crippen LogP contribution is 2.25. The van der Waals surface area contributed by atoms with Crippen LogP contribution in [-0.4, -0.2) is 48.2 Å². The molecule has 8 heteroatoms. The molecular formula is C17H23N5O2S. The molecule has 1 atom stereocenters. The van der Waals surface area contributed by atoms with Crippen molar-refractivity contribution in [3.63, 3.8) is 0 Å². The molecule has 134 valence electrons. The summed E-state index contributed by atoms with van der Waals surface area (Å²) < 4.78 is 23.4. The summed E-state index contributed by atoms with van der Waals surface area (Å²) in [6, 6.07) is 6.07. The van der Waals surface area contributed by atoms with E-state index in [1.165, 1.54) is 5.56 Å². The molecule has 7 nitrogen and oxygen atoms in total. The number of hydrogen-bond acceptors (Lipinski definition) is 7. The van der Waals surface area contributed by atoms with Gasteiger partial charge in [-0.1, -0.05) is 25.1 Å². The zero-order valence-electron chi connectivity index (χ0n) is 14.7. The predicted molar refractivity (Wildman–Crippen MR) is 99.1 cm³/mol. The Labute approximate surface area is 148 Å². The molecule has 0 bridgehead atoms. The van der Waals surface area contributed by atoms with Crippen molar-refractivity contribution in [1.29, 1.82) is 0 Å². The highest BCUT2D eigenvalue weighted by Gasteiger charge is 2.32. The first kappa shape index (κ1) is 17.6. The fourth-order valence-electron chi connectivity index (χ4n) is 3.08. The van der Waals surface area contributed by atoms with Gasteiger partial charge < -0.3 is 10.2 Å². The van der Waals surface area contributed by atoms with Crippen molar-refractivity contribution >= 4 is 27.3 Å². The maximum atomic E-state index is 11.7. The van der Waals surface area contributed by atoms with Crippen LogP contribution in [0.1, 0.15) is 24.5 Å². The number of hydrogen-bond donors (Lipinski definition) is 1. The van der Waals surface area contributed by atoms with E-state index in [1.807, 2.05) is 26.1 Å². The minimum Gasteiger partial charge on any atom is -0.338 e. The number of sulfone groups is 1. The molecule has 0 spiro atoms. The second kappa shape index (κ2) is 6.95. The second-order valence-electron chi connectivity index (χ2n) is 6.40. The molecule has 1 unspecified atom stereocenters. The standard InChI is InChI=1S/C17H23N5O2S/c1-4-13-7-5-6-12(2)16(13)19-15-10-18-21-17(20-15)22(3)14-8-9-25(23,24)11-14/h5-7,10,14H,4,8-9,11H2,1-3H3,(H,19,20,21). The number of benzene rings is 1. The first-order valence-electron chi connectivity index (χ1n) is 8.38. The fourth-order valence-corrected chi connectivity index (χ4v) is 4.85. The molecular weight excluding hydrogens is 338 g/mol. The van der Waals surface area contributed by atoms with Crippen molar-refractivity contribution < 1.29 is 8.42 Å². The number of nitrogens with one attached hydrogen (secondary N) is 1. The van der Waals surface area contributed by atoms with Crippen LogP contribution >= 0.6 is 0 Å². The molecule has 1 aliphatic rings. The minimum absolute atomic E-state index is 0.105. The Morgan fingerprint density at radius 2 is 2.16 bits per heavy atom. The van der Waals surface area contributed by atoms with Crippen molar-refractivity contribution in [2.75, 3.05) is 28.8 Å². The van der Waals surface area contributed by atoms with Gasteiger partial charge in [-0.05, 0) is 30.9 Å². The van der Waals surface area contributed by atoms with E-state index in [0.29, 0.717) is 18.2 Å². The van der Waals surface area contributed by atoms with Gasteiger partial charge in [0.05, 0.1) is 17.7 Å². The SMILES string of the molecule is CCc1cccc(C)c1Nc1cnnc(N(C)C2CCS(=O)(=O)C2)n1. The van der Waals surface area contributed by atoms with E-state index in [4.69, 9.17) is 0 Å². The van der Waals surface area contributed by atoms with E-state index < -0.39 is 9.84 Å². The van der Waals surface area contributed by atoms with Crippen LogP contribution in [-0.2, 0) is 16.3 Å². The van der Waals surface area contributed by atoms with Gasteiger partial charge in [0.15, 0.2) is 15.7 Å². The number of para-hydroxylation sites is 1. The Balaban J connectivity index is 1.83. The molecule has 2 aromatic rings. The second-order valence-corrected chi connectivity index (χ2v) is 8.63. The van der Waals surface area contributed by atoms with Gasteiger partial charge in [-0.2, -0.15) is 10.1 Å². The maximum absolute atomic E-state index is 11.7. The summed E-state index contributed by atoms with van der Waals surface area (Å²) in [4.78, 5) is 6.33. The van der Waals surface area contributed by atoms with E-state index in [-0.39, 0.29) is 17.5 Å². The molecule has 1 aromatic carbocycles. The summed E-state index contributed by atoms with van der Waals surface area (Å²) in [6.45, 7) is 4.16. The average molecular weight is 361 g/mol. The molecule has 2 heterocycles. The molecule has 1 saturated heterocycles. The van der Waals surface area contributed by atoms with Gasteiger partial charge in [0.25, 0.3) is 0 Å². The molecule has 1 aliphatic heterocycles. The van der Waals surface area contributed by atoms with Crippen LogP contribution in [0.2, 0.25) is 0 Å². The van der Waals surface area contributed by atoms with E-state index in [9.17, 15) is 8.42 Å². The van der Waals surface area contributed by atoms with Crippen LogP contribution in [0, 0.1) is 6.92 Å². The number of aryl methyl sites for hydroxylation is 2. The van der Waals surface area contributed by atoms with Crippen molar-refractivity contribution in [3.8, 4) is 0 Å². The summed E-state index contributed by atoms with van der Waals surface area (Å²) in [5.41, 5.74) is 3.37. The number of anilines is 3. The molecule has 0 aliphatic carbocycles. The minimum atomic E-state index is -2.96. The first-order chi connectivity index (χ1) is 11.9. The zero-order valence-corrected chi connectivity index (χ0v) is 15.5. The Kier molecular flexibility index (Phi) is 4.89. The van der Waals surface area contributed by atoms with E-state index in [0.717, 1.165) is 17.7 Å². The van der Waals surface area contributed by atoms with Gasteiger partial charge in [-0.3, -0.25) is 0 Å². The lowest BCUT2D eigenvalue weighted by atomic mass is 10.1. The number of aromatic nitrogens is 3. The van der Waals surface area contributed by atoms with Crippen molar-refractivity contribution in [1.82, 2.24) is 15.2 Å². The third-order valence-electron chi connectivity index (χ3n) is 4.61. The third-order valence-corrected chi connectivity index (χ3v) is 6.36. The lowest BCUT2D eigenvalue weighted by molar-refractivity contribution is 0.600. The molecule has 25 heavy (non-hydrogen) atoms. The third kappa shape index (κ3) is 3.89. The van der Waals surface area contributed by atoms with Crippen molar-refractivity contribution in [2.45, 2.75) is 32.7 Å². The normalized spacial score (nSPS) is 18.9. The van der Waals surface area contributed by atoms with Crippen LogP contribution in [0.5, 0.6) is 0 Å². The molecule has 0 radical (unpaired) electrons. The summed E-state index contributed by atoms with van der Waals surface area (Å²) in [5, 5.41) is 11.4. The topological polar surface area (TPSA) is 88.1 Å². The Hall–Kier alpha value is -2.22. The zero-order chi connectivity index (χ0) is 18.0. The van der Waals surface area contributed by atoms with E-state index in [2.05, 4.69) is 33.5 Å². The fraction of sp³-hybridized carbons (Fsp3) is 0.471. The number of nitrogens with zero attached hydrogens (tertiary/aromatic N) is 4. The smallest absolute Gasteiger partial charge is 0.247 e. The van der Waals surface area contributed by atoms with Crippen LogP contribution in [0.15, 0.2) is 24.4 Å². The lowest BCUT2D eigenvalue weighted by Gasteiger charge is -2.23. The Morgan fingerprint density at radius 3 is 2.84 bits per heavy atom. The van der Waals surface area contributed by atoms with Crippen LogP contribution in [0.4, 0.5) is 17.5 Å². The summed E-state index contributed by atoms with van der Waals surface area (Å²) >= 11 is 0. The van der Waals surface area contributed by atoms with Crippen LogP contribution in [0.3, 0.4) is 0 Å². The molecule has 3 rings (SSSR count). The van der Waals surface area contributed by atoms with Crippen LogP contribution < -0.4 is 10.2 Å². The van der Waals surface area contributed by atoms with Gasteiger partial charge in [-0.25, -0.2) is 8.42 Å². The first-order valence-corrected chi connectivity index (χ1v) is 10.2. The van der Waals surface area contributed by atoms with E-state index in [1.54, 1.807) is 11.1 Å². The Morgan fingerprint density at radius 1 is 1.36 bits per heavy atom. The highest BCUT2D eigenvalue weighted by molar-refractivity contribution is 7.91. The molecule has 1 fully saturated rings. The average Bonchev–Trinajstić information content (AvgIpc) is 2.96. The molecule has 1 aromatic heterocycles. The van der Waals surface area contributed by atoms with E-state index >= 15 is 0 Å². The highest BCUT2D eigenvalue weighted by atomic mass is 32.2. The van der Waals surface area contributed by atoms with Gasteiger partial charge in [-0.15, -0.1) is 5.10 Å². The van der Waals surface area contributed by atoms with Crippen molar-refractivity contribution in [2.24, 2.45) is 0 Å². The van der Waals surface area contributed by atoms with Gasteiger partial charge in [0.1, 0.15) is 0 Å². The number of rotatable bonds is 5. The van der Waals surface area contributed by atoms with Gasteiger partial charge in [0, 0.05) is 18.8 Å². The lowest BCUT2D eigenvalue weighted by Crippen LogP contribution is -2.34. The quantitative estimate of drug-likeness (QED) is 0.872. The molecule has 1 N–H and O–H groups in total. The van der Waals surface area contributed by atoms with Crippen LogP contribution in [0.25, 0.3) is 0 Å². The largest absolute Gasteiger partial charge is 0.338 e. The van der Waals surface area contributed by atoms with Crippen molar-refractivity contribution in [3.05, 3.63) is 35.5 Å². The maximum Gasteiger partial charge on any atom is 0.247 e. The monoisotopic (exact) mass is 361 g/mol.